The van der Waals surface area contributed by atoms with Gasteiger partial charge in [-0.05, 0) is 67.7 Å². The molecule has 2 unspecified atom stereocenters. The average molecular weight is 434 g/mol. The Hall–Kier alpha value is -2.86. The summed E-state index contributed by atoms with van der Waals surface area (Å²) < 4.78 is 11.1. The van der Waals surface area contributed by atoms with Gasteiger partial charge < -0.3 is 19.3 Å². The van der Waals surface area contributed by atoms with Gasteiger partial charge >= 0.3 is 6.01 Å². The summed E-state index contributed by atoms with van der Waals surface area (Å²) in [5.41, 5.74) is 0.894. The molecule has 2 aromatic carbocycles. The van der Waals surface area contributed by atoms with E-state index in [9.17, 15) is 5.11 Å². The molecule has 6 nitrogen and oxygen atoms in total. The van der Waals surface area contributed by atoms with Crippen molar-refractivity contribution in [1.29, 1.82) is 0 Å². The molecular formula is C26H31N3O3. The Morgan fingerprint density at radius 3 is 2.50 bits per heavy atom. The van der Waals surface area contributed by atoms with E-state index in [1.165, 1.54) is 12.0 Å². The SMILES string of the molecule is COc1ccc(CC2CCCCN2c2nc(C(O)(c3ccccc3)C3CCC3)no2)cc1. The average Bonchev–Trinajstić information content (AvgIpc) is 3.30. The maximum Gasteiger partial charge on any atom is 0.324 e. The molecule has 168 valence electrons. The standard InChI is InChI=1S/C26H31N3O3/c1-31-23-15-13-19(14-16-23)18-22-12-5-6-17-29(22)25-27-24(28-32-25)26(30,21-10-7-11-21)20-8-3-2-4-9-20/h2-4,8-9,13-16,21-22,30H,5-7,10-12,17-18H2,1H3. The molecule has 0 radical (unpaired) electrons. The highest BCUT2D eigenvalue weighted by atomic mass is 16.5. The fraction of sp³-hybridized carbons (Fsp3) is 0.462. The first-order chi connectivity index (χ1) is 15.7. The summed E-state index contributed by atoms with van der Waals surface area (Å²) in [6, 6.07) is 18.9. The second kappa shape index (κ2) is 8.94. The number of hydrogen-bond acceptors (Lipinski definition) is 6. The molecular weight excluding hydrogens is 402 g/mol. The number of benzene rings is 2. The minimum atomic E-state index is -1.21. The lowest BCUT2D eigenvalue weighted by Crippen LogP contribution is -2.42. The van der Waals surface area contributed by atoms with Crippen LogP contribution < -0.4 is 9.64 Å². The molecule has 3 aromatic rings. The van der Waals surface area contributed by atoms with Crippen LogP contribution in [0.15, 0.2) is 59.1 Å². The molecule has 1 N–H and O–H groups in total. The van der Waals surface area contributed by atoms with E-state index in [-0.39, 0.29) is 5.92 Å². The van der Waals surface area contributed by atoms with Crippen LogP contribution in [-0.2, 0) is 12.0 Å². The minimum Gasteiger partial charge on any atom is -0.497 e. The van der Waals surface area contributed by atoms with Crippen LogP contribution in [0.3, 0.4) is 0 Å². The van der Waals surface area contributed by atoms with Crippen LogP contribution in [0.4, 0.5) is 6.01 Å². The molecule has 1 aliphatic heterocycles. The number of piperidine rings is 1. The molecule has 1 aromatic heterocycles. The smallest absolute Gasteiger partial charge is 0.324 e. The Kier molecular flexibility index (Phi) is 5.87. The summed E-state index contributed by atoms with van der Waals surface area (Å²) in [6.07, 6.45) is 7.35. The van der Waals surface area contributed by atoms with E-state index in [0.29, 0.717) is 17.9 Å². The maximum atomic E-state index is 11.8. The first kappa shape index (κ1) is 21.0. The summed E-state index contributed by atoms with van der Waals surface area (Å²) in [7, 11) is 1.69. The first-order valence-corrected chi connectivity index (χ1v) is 11.7. The molecule has 2 atom stereocenters. The van der Waals surface area contributed by atoms with Crippen molar-refractivity contribution in [2.24, 2.45) is 5.92 Å². The van der Waals surface area contributed by atoms with Gasteiger partial charge in [0.1, 0.15) is 5.75 Å². The third-order valence-corrected chi connectivity index (χ3v) is 7.17. The number of anilines is 1. The van der Waals surface area contributed by atoms with E-state index in [1.807, 2.05) is 42.5 Å². The predicted molar refractivity (Wildman–Crippen MR) is 123 cm³/mol. The zero-order valence-electron chi connectivity index (χ0n) is 18.6. The quantitative estimate of drug-likeness (QED) is 0.582. The molecule has 0 spiro atoms. The number of aromatic nitrogens is 2. The molecule has 0 bridgehead atoms. The van der Waals surface area contributed by atoms with Crippen molar-refractivity contribution in [3.8, 4) is 5.75 Å². The van der Waals surface area contributed by atoms with Gasteiger partial charge in [0.25, 0.3) is 0 Å². The van der Waals surface area contributed by atoms with Crippen LogP contribution in [0.5, 0.6) is 5.75 Å². The number of aliphatic hydroxyl groups is 1. The molecule has 2 heterocycles. The maximum absolute atomic E-state index is 11.8. The van der Waals surface area contributed by atoms with Crippen LogP contribution in [0.1, 0.15) is 55.5 Å². The number of rotatable bonds is 7. The van der Waals surface area contributed by atoms with Crippen molar-refractivity contribution >= 4 is 6.01 Å². The largest absolute Gasteiger partial charge is 0.497 e. The van der Waals surface area contributed by atoms with Crippen LogP contribution in [-0.4, -0.2) is 34.9 Å². The van der Waals surface area contributed by atoms with Crippen molar-refractivity contribution in [1.82, 2.24) is 10.1 Å². The summed E-state index contributed by atoms with van der Waals surface area (Å²) >= 11 is 0. The third kappa shape index (κ3) is 3.88. The molecule has 2 fully saturated rings. The van der Waals surface area contributed by atoms with E-state index in [2.05, 4.69) is 22.2 Å². The van der Waals surface area contributed by atoms with Gasteiger partial charge in [0.05, 0.1) is 7.11 Å². The third-order valence-electron chi connectivity index (χ3n) is 7.17. The Balaban J connectivity index is 1.41. The van der Waals surface area contributed by atoms with Crippen molar-refractivity contribution in [2.45, 2.75) is 56.6 Å². The van der Waals surface area contributed by atoms with E-state index in [1.54, 1.807) is 7.11 Å². The van der Waals surface area contributed by atoms with Gasteiger partial charge in [-0.15, -0.1) is 0 Å². The number of nitrogens with zero attached hydrogens (tertiary/aromatic N) is 3. The Morgan fingerprint density at radius 2 is 1.81 bits per heavy atom. The lowest BCUT2D eigenvalue weighted by molar-refractivity contribution is -0.0286. The second-order valence-corrected chi connectivity index (χ2v) is 9.06. The Morgan fingerprint density at radius 1 is 1.03 bits per heavy atom. The molecule has 1 saturated carbocycles. The van der Waals surface area contributed by atoms with E-state index >= 15 is 0 Å². The van der Waals surface area contributed by atoms with Gasteiger partial charge in [-0.3, -0.25) is 0 Å². The molecule has 32 heavy (non-hydrogen) atoms. The Labute approximate surface area is 189 Å². The normalized spacial score (nSPS) is 21.1. The molecule has 6 heteroatoms. The summed E-state index contributed by atoms with van der Waals surface area (Å²) in [5.74, 6) is 1.37. The fourth-order valence-corrected chi connectivity index (χ4v) is 5.05. The van der Waals surface area contributed by atoms with Crippen molar-refractivity contribution in [2.75, 3.05) is 18.6 Å². The van der Waals surface area contributed by atoms with E-state index in [0.717, 1.165) is 56.4 Å². The highest BCUT2D eigenvalue weighted by molar-refractivity contribution is 5.36. The van der Waals surface area contributed by atoms with Crippen LogP contribution in [0, 0.1) is 5.92 Å². The monoisotopic (exact) mass is 433 g/mol. The Bertz CT molecular complexity index is 1020. The molecule has 2 aliphatic rings. The lowest BCUT2D eigenvalue weighted by atomic mass is 9.69. The summed E-state index contributed by atoms with van der Waals surface area (Å²) in [5, 5.41) is 16.1. The summed E-state index contributed by atoms with van der Waals surface area (Å²) in [4.78, 5) is 7.02. The van der Waals surface area contributed by atoms with Crippen LogP contribution >= 0.6 is 0 Å². The van der Waals surface area contributed by atoms with Gasteiger partial charge in [0, 0.05) is 12.6 Å². The van der Waals surface area contributed by atoms with Crippen molar-refractivity contribution < 1.29 is 14.4 Å². The van der Waals surface area contributed by atoms with Crippen molar-refractivity contribution in [3.05, 3.63) is 71.5 Å². The fourth-order valence-electron chi connectivity index (χ4n) is 5.05. The topological polar surface area (TPSA) is 71.6 Å². The van der Waals surface area contributed by atoms with Crippen LogP contribution in [0.2, 0.25) is 0 Å². The zero-order chi connectivity index (χ0) is 22.0. The van der Waals surface area contributed by atoms with Crippen LogP contribution in [0.25, 0.3) is 0 Å². The zero-order valence-corrected chi connectivity index (χ0v) is 18.6. The highest BCUT2D eigenvalue weighted by Crippen LogP contribution is 2.46. The number of hydrogen-bond donors (Lipinski definition) is 1. The molecule has 0 amide bonds. The van der Waals surface area contributed by atoms with Gasteiger partial charge in [-0.25, -0.2) is 0 Å². The van der Waals surface area contributed by atoms with Gasteiger partial charge in [-0.2, -0.15) is 4.98 Å². The molecule has 5 rings (SSSR count). The van der Waals surface area contributed by atoms with Gasteiger partial charge in [0.15, 0.2) is 5.60 Å². The highest BCUT2D eigenvalue weighted by Gasteiger charge is 2.47. The van der Waals surface area contributed by atoms with Gasteiger partial charge in [0.2, 0.25) is 5.82 Å². The number of methoxy groups -OCH3 is 1. The molecule has 1 aliphatic carbocycles. The van der Waals surface area contributed by atoms with E-state index < -0.39 is 5.60 Å². The summed E-state index contributed by atoms with van der Waals surface area (Å²) in [6.45, 7) is 0.885. The number of ether oxygens (including phenoxy) is 1. The minimum absolute atomic E-state index is 0.117. The second-order valence-electron chi connectivity index (χ2n) is 9.06. The van der Waals surface area contributed by atoms with E-state index in [4.69, 9.17) is 14.2 Å². The molecule has 1 saturated heterocycles. The van der Waals surface area contributed by atoms with Gasteiger partial charge in [-0.1, -0.05) is 54.0 Å². The first-order valence-electron chi connectivity index (χ1n) is 11.7. The van der Waals surface area contributed by atoms with Crippen molar-refractivity contribution in [3.63, 3.8) is 0 Å². The lowest BCUT2D eigenvalue weighted by Gasteiger charge is -2.39. The predicted octanol–water partition coefficient (Wildman–Crippen LogP) is 4.72.